The van der Waals surface area contributed by atoms with E-state index >= 15 is 0 Å². The van der Waals surface area contributed by atoms with Gasteiger partial charge in [0.25, 0.3) is 0 Å². The molecule has 0 aliphatic carbocycles. The molecule has 2 atom stereocenters. The Bertz CT molecular complexity index is 401. The summed E-state index contributed by atoms with van der Waals surface area (Å²) < 4.78 is 0. The van der Waals surface area contributed by atoms with Gasteiger partial charge in [0, 0.05) is 6.54 Å². The largest absolute Gasteiger partial charge is 0.387 e. The van der Waals surface area contributed by atoms with Gasteiger partial charge in [0.05, 0.1) is 12.1 Å². The zero-order valence-corrected chi connectivity index (χ0v) is 11.9. The molecule has 0 saturated heterocycles. The Morgan fingerprint density at radius 1 is 1.26 bits per heavy atom. The number of carbonyl (C=O) groups excluding carboxylic acids is 1. The Labute approximate surface area is 115 Å². The number of aliphatic hydroxyl groups excluding tert-OH is 1. The number of hydrogen-bond donors (Lipinski definition) is 3. The van der Waals surface area contributed by atoms with E-state index in [0.717, 1.165) is 12.0 Å². The fourth-order valence-corrected chi connectivity index (χ4v) is 1.85. The van der Waals surface area contributed by atoms with Crippen LogP contribution in [0.5, 0.6) is 0 Å². The predicted octanol–water partition coefficient (Wildman–Crippen LogP) is 1.38. The molecule has 19 heavy (non-hydrogen) atoms. The molecule has 4 nitrogen and oxygen atoms in total. The van der Waals surface area contributed by atoms with Gasteiger partial charge in [-0.2, -0.15) is 0 Å². The molecule has 0 heterocycles. The molecule has 0 saturated carbocycles. The summed E-state index contributed by atoms with van der Waals surface area (Å²) in [6, 6.07) is 7.50. The van der Waals surface area contributed by atoms with Crippen molar-refractivity contribution in [1.29, 1.82) is 0 Å². The molecule has 4 heteroatoms. The van der Waals surface area contributed by atoms with Crippen molar-refractivity contribution >= 4 is 5.91 Å². The van der Waals surface area contributed by atoms with Gasteiger partial charge in [0.2, 0.25) is 5.91 Å². The van der Waals surface area contributed by atoms with Crippen molar-refractivity contribution < 1.29 is 9.90 Å². The first-order valence-electron chi connectivity index (χ1n) is 6.69. The SMILES string of the molecule is CC(C)Cc1ccc(C(O)CNC(C)C(N)=O)cc1. The second-order valence-corrected chi connectivity index (χ2v) is 5.39. The fourth-order valence-electron chi connectivity index (χ4n) is 1.85. The highest BCUT2D eigenvalue weighted by Gasteiger charge is 2.12. The third kappa shape index (κ3) is 5.41. The number of aliphatic hydroxyl groups is 1. The number of benzene rings is 1. The lowest BCUT2D eigenvalue weighted by atomic mass is 10.0. The predicted molar refractivity (Wildman–Crippen MR) is 76.6 cm³/mol. The normalized spacial score (nSPS) is 14.4. The molecule has 1 amide bonds. The highest BCUT2D eigenvalue weighted by atomic mass is 16.3. The van der Waals surface area contributed by atoms with Gasteiger partial charge in [0.15, 0.2) is 0 Å². The van der Waals surface area contributed by atoms with Gasteiger partial charge < -0.3 is 16.2 Å². The molecule has 0 radical (unpaired) electrons. The Morgan fingerprint density at radius 3 is 2.32 bits per heavy atom. The zero-order chi connectivity index (χ0) is 14.4. The molecular weight excluding hydrogens is 240 g/mol. The minimum atomic E-state index is -0.630. The van der Waals surface area contributed by atoms with E-state index in [2.05, 4.69) is 19.2 Å². The summed E-state index contributed by atoms with van der Waals surface area (Å²) in [5.74, 6) is 0.202. The molecule has 1 aromatic rings. The molecule has 1 aromatic carbocycles. The lowest BCUT2D eigenvalue weighted by Gasteiger charge is -2.15. The lowest BCUT2D eigenvalue weighted by Crippen LogP contribution is -2.40. The monoisotopic (exact) mass is 264 g/mol. The molecule has 0 aromatic heterocycles. The molecule has 0 aliphatic heterocycles. The van der Waals surface area contributed by atoms with Crippen LogP contribution in [0.3, 0.4) is 0 Å². The van der Waals surface area contributed by atoms with Gasteiger partial charge in [-0.1, -0.05) is 38.1 Å². The van der Waals surface area contributed by atoms with Crippen molar-refractivity contribution in [3.05, 3.63) is 35.4 Å². The van der Waals surface area contributed by atoms with E-state index < -0.39 is 18.1 Å². The van der Waals surface area contributed by atoms with E-state index in [1.165, 1.54) is 5.56 Å². The van der Waals surface area contributed by atoms with Crippen LogP contribution in [0.2, 0.25) is 0 Å². The number of primary amides is 1. The van der Waals surface area contributed by atoms with Crippen molar-refractivity contribution in [2.75, 3.05) is 6.54 Å². The first-order valence-corrected chi connectivity index (χ1v) is 6.69. The van der Waals surface area contributed by atoms with Crippen LogP contribution in [-0.4, -0.2) is 23.6 Å². The summed E-state index contributed by atoms with van der Waals surface area (Å²) in [6.07, 6.45) is 0.405. The molecule has 0 spiro atoms. The quantitative estimate of drug-likeness (QED) is 0.696. The maximum absolute atomic E-state index is 10.9. The number of nitrogens with two attached hydrogens (primary N) is 1. The third-order valence-corrected chi connectivity index (χ3v) is 3.05. The van der Waals surface area contributed by atoms with Gasteiger partial charge >= 0.3 is 0 Å². The van der Waals surface area contributed by atoms with E-state index in [9.17, 15) is 9.90 Å². The maximum Gasteiger partial charge on any atom is 0.234 e. The van der Waals surface area contributed by atoms with Gasteiger partial charge in [0.1, 0.15) is 0 Å². The van der Waals surface area contributed by atoms with Crippen molar-refractivity contribution in [1.82, 2.24) is 5.32 Å². The Kier molecular flexibility index (Phi) is 5.99. The average Bonchev–Trinajstić information content (AvgIpc) is 2.35. The fraction of sp³-hybridized carbons (Fsp3) is 0.533. The van der Waals surface area contributed by atoms with Crippen LogP contribution in [0, 0.1) is 5.92 Å². The highest BCUT2D eigenvalue weighted by Crippen LogP contribution is 2.15. The summed E-state index contributed by atoms with van der Waals surface area (Å²) in [6.45, 7) is 6.35. The molecular formula is C15H24N2O2. The van der Waals surface area contributed by atoms with Crippen molar-refractivity contribution in [2.24, 2.45) is 11.7 Å². The summed E-state index contributed by atoms with van der Waals surface area (Å²) in [4.78, 5) is 10.9. The van der Waals surface area contributed by atoms with Gasteiger partial charge in [-0.3, -0.25) is 4.79 Å². The molecule has 0 fully saturated rings. The standard InChI is InChI=1S/C15H24N2O2/c1-10(2)8-12-4-6-13(7-5-12)14(18)9-17-11(3)15(16)19/h4-7,10-11,14,17-18H,8-9H2,1-3H3,(H2,16,19). The molecule has 0 bridgehead atoms. The molecule has 106 valence electrons. The van der Waals surface area contributed by atoms with E-state index in [-0.39, 0.29) is 0 Å². The number of nitrogens with one attached hydrogen (secondary N) is 1. The number of hydrogen-bond acceptors (Lipinski definition) is 3. The first kappa shape index (κ1) is 15.7. The zero-order valence-electron chi connectivity index (χ0n) is 11.9. The minimum absolute atomic E-state index is 0.313. The Morgan fingerprint density at radius 2 is 1.84 bits per heavy atom. The van der Waals surface area contributed by atoms with Gasteiger partial charge in [-0.25, -0.2) is 0 Å². The second kappa shape index (κ2) is 7.26. The van der Waals surface area contributed by atoms with Crippen LogP contribution in [0.4, 0.5) is 0 Å². The first-order chi connectivity index (χ1) is 8.90. The van der Waals surface area contributed by atoms with E-state index in [4.69, 9.17) is 5.73 Å². The summed E-state index contributed by atoms with van der Waals surface area (Å²) in [7, 11) is 0. The van der Waals surface area contributed by atoms with Crippen LogP contribution in [0.25, 0.3) is 0 Å². The third-order valence-electron chi connectivity index (χ3n) is 3.05. The minimum Gasteiger partial charge on any atom is -0.387 e. The van der Waals surface area contributed by atoms with Crippen LogP contribution < -0.4 is 11.1 Å². The number of amides is 1. The van der Waals surface area contributed by atoms with Crippen LogP contribution in [-0.2, 0) is 11.2 Å². The summed E-state index contributed by atoms with van der Waals surface area (Å²) in [5.41, 5.74) is 7.26. The van der Waals surface area contributed by atoms with Crippen molar-refractivity contribution in [3.8, 4) is 0 Å². The summed E-state index contributed by atoms with van der Waals surface area (Å²) in [5, 5.41) is 12.9. The molecule has 2 unspecified atom stereocenters. The van der Waals surface area contributed by atoms with E-state index in [1.807, 2.05) is 24.3 Å². The van der Waals surface area contributed by atoms with E-state index in [1.54, 1.807) is 6.92 Å². The Hall–Kier alpha value is -1.39. The molecule has 0 aliphatic rings. The number of carbonyl (C=O) groups is 1. The smallest absolute Gasteiger partial charge is 0.234 e. The van der Waals surface area contributed by atoms with Gasteiger partial charge in [-0.05, 0) is 30.4 Å². The van der Waals surface area contributed by atoms with Crippen LogP contribution in [0.1, 0.15) is 38.0 Å². The maximum atomic E-state index is 10.9. The highest BCUT2D eigenvalue weighted by molar-refractivity contribution is 5.79. The lowest BCUT2D eigenvalue weighted by molar-refractivity contribution is -0.119. The molecule has 1 rings (SSSR count). The summed E-state index contributed by atoms with van der Waals surface area (Å²) >= 11 is 0. The average molecular weight is 264 g/mol. The van der Waals surface area contributed by atoms with Crippen LogP contribution >= 0.6 is 0 Å². The Balaban J connectivity index is 2.53. The van der Waals surface area contributed by atoms with Crippen molar-refractivity contribution in [3.63, 3.8) is 0 Å². The van der Waals surface area contributed by atoms with Gasteiger partial charge in [-0.15, -0.1) is 0 Å². The van der Waals surface area contributed by atoms with Crippen molar-refractivity contribution in [2.45, 2.75) is 39.3 Å². The van der Waals surface area contributed by atoms with E-state index in [0.29, 0.717) is 12.5 Å². The van der Waals surface area contributed by atoms with Crippen LogP contribution in [0.15, 0.2) is 24.3 Å². The molecule has 4 N–H and O–H groups in total. The topological polar surface area (TPSA) is 75.3 Å². The number of rotatable bonds is 7. The second-order valence-electron chi connectivity index (χ2n) is 5.39.